The van der Waals surface area contributed by atoms with Crippen LogP contribution in [0.4, 0.5) is 0 Å². The van der Waals surface area contributed by atoms with E-state index in [1.165, 1.54) is 315 Å². The van der Waals surface area contributed by atoms with E-state index in [4.69, 9.17) is 14.2 Å². The number of carbonyl (C=O) groups is 2. The van der Waals surface area contributed by atoms with Crippen LogP contribution in [0, 0.1) is 0 Å². The zero-order valence-corrected chi connectivity index (χ0v) is 48.3. The highest BCUT2D eigenvalue weighted by Crippen LogP contribution is 2.19. The fourth-order valence-corrected chi connectivity index (χ4v) is 10.3. The lowest BCUT2D eigenvalue weighted by Crippen LogP contribution is -2.30. The van der Waals surface area contributed by atoms with E-state index in [2.05, 4.69) is 20.8 Å². The summed E-state index contributed by atoms with van der Waals surface area (Å²) in [6, 6.07) is 0. The second kappa shape index (κ2) is 62.2. The van der Waals surface area contributed by atoms with E-state index in [1.54, 1.807) is 0 Å². The van der Waals surface area contributed by atoms with Crippen molar-refractivity contribution in [2.45, 2.75) is 386 Å². The Balaban J connectivity index is 4.16. The van der Waals surface area contributed by atoms with Crippen molar-refractivity contribution >= 4 is 11.9 Å². The SMILES string of the molecule is CCCCCCCCCCCCCCCCCCCCCCCC(=O)O[C@H](COCCCCCCCCCCCCCCCCCC)COC(=O)CCCCCCCCCCCCCCCCCCC. The molecular formula is C65H128O5. The normalized spacial score (nSPS) is 12.0. The van der Waals surface area contributed by atoms with Gasteiger partial charge in [-0.25, -0.2) is 0 Å². The Bertz CT molecular complexity index is 983. The molecule has 0 saturated heterocycles. The minimum atomic E-state index is -0.525. The fourth-order valence-electron chi connectivity index (χ4n) is 10.3. The van der Waals surface area contributed by atoms with E-state index < -0.39 is 6.10 Å². The average Bonchev–Trinajstić information content (AvgIpc) is 3.36. The Hall–Kier alpha value is -1.10. The molecule has 0 radical (unpaired) electrons. The van der Waals surface area contributed by atoms with Gasteiger partial charge >= 0.3 is 11.9 Å². The Morgan fingerprint density at radius 2 is 0.471 bits per heavy atom. The number of esters is 2. The first-order valence-electron chi connectivity index (χ1n) is 32.6. The Labute approximate surface area is 440 Å². The first-order valence-corrected chi connectivity index (χ1v) is 32.6. The Kier molecular flexibility index (Phi) is 61.2. The molecule has 0 fully saturated rings. The molecule has 0 N–H and O–H groups in total. The van der Waals surface area contributed by atoms with Crippen molar-refractivity contribution in [3.8, 4) is 0 Å². The molecule has 0 aliphatic rings. The molecule has 0 unspecified atom stereocenters. The van der Waals surface area contributed by atoms with Crippen molar-refractivity contribution in [2.75, 3.05) is 19.8 Å². The van der Waals surface area contributed by atoms with Gasteiger partial charge in [-0.3, -0.25) is 9.59 Å². The number of carbonyl (C=O) groups excluding carboxylic acids is 2. The molecule has 0 spiro atoms. The van der Waals surface area contributed by atoms with Crippen molar-refractivity contribution in [3.05, 3.63) is 0 Å². The van der Waals surface area contributed by atoms with E-state index in [9.17, 15) is 9.59 Å². The lowest BCUT2D eigenvalue weighted by Gasteiger charge is -2.18. The molecule has 0 aromatic rings. The molecule has 5 heteroatoms. The van der Waals surface area contributed by atoms with E-state index in [1.807, 2.05) is 0 Å². The largest absolute Gasteiger partial charge is 0.462 e. The molecule has 0 bridgehead atoms. The van der Waals surface area contributed by atoms with Crippen LogP contribution in [0.25, 0.3) is 0 Å². The highest BCUT2D eigenvalue weighted by molar-refractivity contribution is 5.70. The van der Waals surface area contributed by atoms with Crippen LogP contribution in [0.3, 0.4) is 0 Å². The third kappa shape index (κ3) is 59.5. The number of unbranched alkanes of at least 4 members (excludes halogenated alkanes) is 51. The molecule has 0 aromatic carbocycles. The second-order valence-corrected chi connectivity index (χ2v) is 22.4. The van der Waals surface area contributed by atoms with Gasteiger partial charge in [0.25, 0.3) is 0 Å². The first kappa shape index (κ1) is 68.9. The molecule has 418 valence electrons. The van der Waals surface area contributed by atoms with Crippen molar-refractivity contribution in [1.29, 1.82) is 0 Å². The number of ether oxygens (including phenoxy) is 3. The summed E-state index contributed by atoms with van der Waals surface area (Å²) in [6.07, 6.45) is 72.9. The summed E-state index contributed by atoms with van der Waals surface area (Å²) in [5, 5.41) is 0. The van der Waals surface area contributed by atoms with E-state index in [-0.39, 0.29) is 18.5 Å². The molecule has 0 aromatic heterocycles. The summed E-state index contributed by atoms with van der Waals surface area (Å²) in [7, 11) is 0. The van der Waals surface area contributed by atoms with Crippen LogP contribution in [-0.4, -0.2) is 37.9 Å². The molecule has 0 saturated carbocycles. The molecule has 0 rings (SSSR count). The van der Waals surface area contributed by atoms with Crippen LogP contribution in [-0.2, 0) is 23.8 Å². The minimum Gasteiger partial charge on any atom is -0.462 e. The topological polar surface area (TPSA) is 61.8 Å². The van der Waals surface area contributed by atoms with Crippen LogP contribution in [0.15, 0.2) is 0 Å². The lowest BCUT2D eigenvalue weighted by molar-refractivity contribution is -0.163. The van der Waals surface area contributed by atoms with Gasteiger partial charge in [-0.05, 0) is 19.3 Å². The van der Waals surface area contributed by atoms with Crippen molar-refractivity contribution < 1.29 is 23.8 Å². The van der Waals surface area contributed by atoms with Gasteiger partial charge in [-0.1, -0.05) is 348 Å². The van der Waals surface area contributed by atoms with Crippen LogP contribution < -0.4 is 0 Å². The van der Waals surface area contributed by atoms with Gasteiger partial charge in [0.2, 0.25) is 0 Å². The van der Waals surface area contributed by atoms with Crippen LogP contribution in [0.2, 0.25) is 0 Å². The highest BCUT2D eigenvalue weighted by atomic mass is 16.6. The monoisotopic (exact) mass is 989 g/mol. The van der Waals surface area contributed by atoms with Gasteiger partial charge in [0.05, 0.1) is 6.61 Å². The van der Waals surface area contributed by atoms with E-state index in [0.29, 0.717) is 26.1 Å². The van der Waals surface area contributed by atoms with Crippen LogP contribution >= 0.6 is 0 Å². The molecule has 1 atom stereocenters. The maximum Gasteiger partial charge on any atom is 0.306 e. The Morgan fingerprint density at radius 1 is 0.257 bits per heavy atom. The summed E-state index contributed by atoms with van der Waals surface area (Å²) < 4.78 is 17.6. The third-order valence-corrected chi connectivity index (χ3v) is 15.1. The highest BCUT2D eigenvalue weighted by Gasteiger charge is 2.18. The molecule has 0 heterocycles. The smallest absolute Gasteiger partial charge is 0.306 e. The maximum atomic E-state index is 12.9. The van der Waals surface area contributed by atoms with Gasteiger partial charge in [0.15, 0.2) is 6.10 Å². The summed E-state index contributed by atoms with van der Waals surface area (Å²) >= 11 is 0. The van der Waals surface area contributed by atoms with Gasteiger partial charge in [0.1, 0.15) is 6.61 Å². The summed E-state index contributed by atoms with van der Waals surface area (Å²) in [5.74, 6) is -0.359. The molecule has 5 nitrogen and oxygen atoms in total. The molecule has 0 aliphatic carbocycles. The lowest BCUT2D eigenvalue weighted by atomic mass is 10.0. The first-order chi connectivity index (χ1) is 34.6. The van der Waals surface area contributed by atoms with E-state index >= 15 is 0 Å². The minimum absolute atomic E-state index is 0.0990. The molecule has 0 amide bonds. The van der Waals surface area contributed by atoms with Gasteiger partial charge in [0, 0.05) is 19.4 Å². The molecule has 70 heavy (non-hydrogen) atoms. The summed E-state index contributed by atoms with van der Waals surface area (Å²) in [4.78, 5) is 25.6. The molecule has 0 aliphatic heterocycles. The summed E-state index contributed by atoms with van der Waals surface area (Å²) in [6.45, 7) is 7.95. The second-order valence-electron chi connectivity index (χ2n) is 22.4. The fraction of sp³-hybridized carbons (Fsp3) is 0.969. The summed E-state index contributed by atoms with van der Waals surface area (Å²) in [5.41, 5.74) is 0. The van der Waals surface area contributed by atoms with Crippen LogP contribution in [0.5, 0.6) is 0 Å². The quantitative estimate of drug-likeness (QED) is 0.0449. The zero-order valence-electron chi connectivity index (χ0n) is 48.3. The third-order valence-electron chi connectivity index (χ3n) is 15.1. The van der Waals surface area contributed by atoms with Gasteiger partial charge in [-0.2, -0.15) is 0 Å². The zero-order chi connectivity index (χ0) is 50.6. The van der Waals surface area contributed by atoms with E-state index in [0.717, 1.165) is 32.1 Å². The average molecular weight is 990 g/mol. The van der Waals surface area contributed by atoms with Crippen molar-refractivity contribution in [3.63, 3.8) is 0 Å². The maximum absolute atomic E-state index is 12.9. The van der Waals surface area contributed by atoms with Gasteiger partial charge in [-0.15, -0.1) is 0 Å². The van der Waals surface area contributed by atoms with Crippen molar-refractivity contribution in [2.24, 2.45) is 0 Å². The predicted octanol–water partition coefficient (Wildman–Crippen LogP) is 22.4. The van der Waals surface area contributed by atoms with Crippen LogP contribution in [0.1, 0.15) is 380 Å². The molecular weight excluding hydrogens is 861 g/mol. The van der Waals surface area contributed by atoms with Crippen molar-refractivity contribution in [1.82, 2.24) is 0 Å². The predicted molar refractivity (Wildman–Crippen MR) is 307 cm³/mol. The Morgan fingerprint density at radius 3 is 0.729 bits per heavy atom. The standard InChI is InChI=1S/C65H128O5/c1-4-7-10-13-16-19-22-25-28-31-32-33-34-36-38-41-44-47-50-53-56-59-65(67)70-63(61-68-60-57-54-51-48-45-42-39-30-27-24-21-18-15-12-9-6-3)62-69-64(66)58-55-52-49-46-43-40-37-35-29-26-23-20-17-14-11-8-5-2/h63H,4-62H2,1-3H3/t63-/m1/s1. The number of hydrogen-bond donors (Lipinski definition) is 0. The number of rotatable bonds is 62. The van der Waals surface area contributed by atoms with Gasteiger partial charge < -0.3 is 14.2 Å². The number of hydrogen-bond acceptors (Lipinski definition) is 5.